The molecule has 1 aromatic heterocycles. The molecule has 5 nitrogen and oxygen atoms in total. The number of pyridine rings is 1. The van der Waals surface area contributed by atoms with Crippen molar-refractivity contribution in [2.75, 3.05) is 13.2 Å². The minimum Gasteiger partial charge on any atom is -0.489 e. The van der Waals surface area contributed by atoms with E-state index in [9.17, 15) is 10.1 Å². The third kappa shape index (κ3) is 3.73. The summed E-state index contributed by atoms with van der Waals surface area (Å²) in [7, 11) is 0. The average Bonchev–Trinajstić information content (AvgIpc) is 2.57. The number of hydrogen-bond donors (Lipinski definition) is 1. The molecule has 24 heavy (non-hydrogen) atoms. The van der Waals surface area contributed by atoms with Gasteiger partial charge in [0.05, 0.1) is 0 Å². The first-order valence-electron chi connectivity index (χ1n) is 7.36. The fourth-order valence-corrected chi connectivity index (χ4v) is 2.25. The Morgan fingerprint density at radius 1 is 1.17 bits per heavy atom. The number of nitrogens with zero attached hydrogens (tertiary/aromatic N) is 1. The first kappa shape index (κ1) is 17.1. The second-order valence-electron chi connectivity index (χ2n) is 5.04. The van der Waals surface area contributed by atoms with Gasteiger partial charge < -0.3 is 14.5 Å². The third-order valence-corrected chi connectivity index (χ3v) is 3.25. The molecular weight excluding hydrogens is 304 g/mol. The van der Waals surface area contributed by atoms with E-state index in [0.29, 0.717) is 41.5 Å². The van der Waals surface area contributed by atoms with Crippen LogP contribution in [-0.2, 0) is 0 Å². The number of rotatable bonds is 7. The molecule has 0 aliphatic rings. The van der Waals surface area contributed by atoms with E-state index in [1.807, 2.05) is 6.07 Å². The lowest BCUT2D eigenvalue weighted by Gasteiger charge is -2.14. The van der Waals surface area contributed by atoms with Gasteiger partial charge in [0.2, 0.25) is 0 Å². The predicted octanol–water partition coefficient (Wildman–Crippen LogP) is 3.35. The highest BCUT2D eigenvalue weighted by molar-refractivity contribution is 5.76. The highest BCUT2D eigenvalue weighted by atomic mass is 16.5. The van der Waals surface area contributed by atoms with Gasteiger partial charge in [0.1, 0.15) is 36.3 Å². The molecule has 122 valence electrons. The molecule has 5 heteroatoms. The summed E-state index contributed by atoms with van der Waals surface area (Å²) in [6.45, 7) is 9.67. The van der Waals surface area contributed by atoms with Crippen molar-refractivity contribution in [2.45, 2.75) is 6.92 Å². The van der Waals surface area contributed by atoms with Crippen molar-refractivity contribution in [2.24, 2.45) is 0 Å². The van der Waals surface area contributed by atoms with E-state index in [1.54, 1.807) is 43.3 Å². The normalized spacial score (nSPS) is 9.83. The number of aromatic nitrogens is 1. The van der Waals surface area contributed by atoms with E-state index >= 15 is 0 Å². The molecule has 1 N–H and O–H groups in total. The summed E-state index contributed by atoms with van der Waals surface area (Å²) in [6, 6.07) is 8.96. The van der Waals surface area contributed by atoms with Crippen LogP contribution >= 0.6 is 0 Å². The van der Waals surface area contributed by atoms with E-state index in [-0.39, 0.29) is 5.56 Å². The molecule has 0 atom stereocenters. The molecule has 0 saturated heterocycles. The summed E-state index contributed by atoms with van der Waals surface area (Å²) in [5, 5.41) is 9.33. The van der Waals surface area contributed by atoms with E-state index in [0.717, 1.165) is 0 Å². The molecule has 2 rings (SSSR count). The van der Waals surface area contributed by atoms with Gasteiger partial charge in [-0.15, -0.1) is 0 Å². The summed E-state index contributed by atoms with van der Waals surface area (Å²) < 4.78 is 11.2. The SMILES string of the molecule is C=CCOc1ccc(-c2cc(C)[nH]c(=O)c2C#N)c(OCC=C)c1. The highest BCUT2D eigenvalue weighted by Gasteiger charge is 2.15. The van der Waals surface area contributed by atoms with Crippen LogP contribution in [0.3, 0.4) is 0 Å². The number of aromatic amines is 1. The third-order valence-electron chi connectivity index (χ3n) is 3.25. The molecule has 0 fully saturated rings. The van der Waals surface area contributed by atoms with Crippen LogP contribution in [0.15, 0.2) is 54.4 Å². The second-order valence-corrected chi connectivity index (χ2v) is 5.04. The number of H-pyrrole nitrogens is 1. The van der Waals surface area contributed by atoms with Gasteiger partial charge in [0.25, 0.3) is 5.56 Å². The lowest BCUT2D eigenvalue weighted by molar-refractivity contribution is 0.346. The number of ether oxygens (including phenoxy) is 2. The Balaban J connectivity index is 2.61. The molecule has 0 unspecified atom stereocenters. The fraction of sp³-hybridized carbons (Fsp3) is 0.158. The minimum absolute atomic E-state index is 0.0452. The summed E-state index contributed by atoms with van der Waals surface area (Å²) in [5.74, 6) is 1.12. The maximum absolute atomic E-state index is 12.0. The van der Waals surface area contributed by atoms with Crippen LogP contribution in [0, 0.1) is 18.3 Å². The van der Waals surface area contributed by atoms with Crippen LogP contribution in [-0.4, -0.2) is 18.2 Å². The van der Waals surface area contributed by atoms with Crippen molar-refractivity contribution in [1.29, 1.82) is 5.26 Å². The quantitative estimate of drug-likeness (QED) is 0.793. The second kappa shape index (κ2) is 7.84. The Bertz CT molecular complexity index is 860. The summed E-state index contributed by atoms with van der Waals surface area (Å²) in [5.41, 5.74) is 1.45. The van der Waals surface area contributed by atoms with Crippen LogP contribution in [0.1, 0.15) is 11.3 Å². The largest absolute Gasteiger partial charge is 0.489 e. The van der Waals surface area contributed by atoms with Crippen LogP contribution < -0.4 is 15.0 Å². The molecule has 0 radical (unpaired) electrons. The topological polar surface area (TPSA) is 75.1 Å². The van der Waals surface area contributed by atoms with Crippen molar-refractivity contribution in [3.05, 3.63) is 71.2 Å². The Kier molecular flexibility index (Phi) is 5.58. The van der Waals surface area contributed by atoms with Crippen molar-refractivity contribution < 1.29 is 9.47 Å². The zero-order valence-corrected chi connectivity index (χ0v) is 13.5. The number of hydrogen-bond acceptors (Lipinski definition) is 4. The van der Waals surface area contributed by atoms with Gasteiger partial charge in [0.15, 0.2) is 0 Å². The number of benzene rings is 1. The highest BCUT2D eigenvalue weighted by Crippen LogP contribution is 2.34. The van der Waals surface area contributed by atoms with Crippen molar-refractivity contribution >= 4 is 0 Å². The molecule has 0 saturated carbocycles. The first-order valence-corrected chi connectivity index (χ1v) is 7.36. The zero-order valence-electron chi connectivity index (χ0n) is 13.5. The van der Waals surface area contributed by atoms with Gasteiger partial charge in [-0.2, -0.15) is 5.26 Å². The predicted molar refractivity (Wildman–Crippen MR) is 93.3 cm³/mol. The van der Waals surface area contributed by atoms with E-state index < -0.39 is 5.56 Å². The lowest BCUT2D eigenvalue weighted by Crippen LogP contribution is -2.13. The van der Waals surface area contributed by atoms with Gasteiger partial charge in [0, 0.05) is 22.9 Å². The van der Waals surface area contributed by atoms with Crippen LogP contribution in [0.2, 0.25) is 0 Å². The Labute approximate surface area is 140 Å². The smallest absolute Gasteiger partial charge is 0.266 e. The molecule has 0 amide bonds. The van der Waals surface area contributed by atoms with Gasteiger partial charge in [-0.1, -0.05) is 25.3 Å². The van der Waals surface area contributed by atoms with Crippen molar-refractivity contribution in [3.63, 3.8) is 0 Å². The van der Waals surface area contributed by atoms with E-state index in [4.69, 9.17) is 9.47 Å². The number of nitriles is 1. The molecule has 0 aliphatic heterocycles. The van der Waals surface area contributed by atoms with Crippen LogP contribution in [0.4, 0.5) is 0 Å². The van der Waals surface area contributed by atoms with Crippen LogP contribution in [0.25, 0.3) is 11.1 Å². The number of nitrogens with one attached hydrogen (secondary N) is 1. The fourth-order valence-electron chi connectivity index (χ4n) is 2.25. The molecule has 0 aliphatic carbocycles. The Morgan fingerprint density at radius 2 is 1.88 bits per heavy atom. The standard InChI is InChI=1S/C19H18N2O3/c1-4-8-23-14-6-7-15(18(11-14)24-9-5-2)16-10-13(3)21-19(22)17(16)12-20/h4-7,10-11H,1-2,8-9H2,3H3,(H,21,22). The van der Waals surface area contributed by atoms with E-state index in [1.165, 1.54) is 0 Å². The summed E-state index contributed by atoms with van der Waals surface area (Å²) in [6.07, 6.45) is 3.27. The Morgan fingerprint density at radius 3 is 2.54 bits per heavy atom. The van der Waals surface area contributed by atoms with Crippen molar-refractivity contribution in [3.8, 4) is 28.7 Å². The maximum Gasteiger partial charge on any atom is 0.266 e. The number of aryl methyl sites for hydroxylation is 1. The van der Waals surface area contributed by atoms with Crippen LogP contribution in [0.5, 0.6) is 11.5 Å². The minimum atomic E-state index is -0.422. The first-order chi connectivity index (χ1) is 11.6. The molecule has 0 bridgehead atoms. The summed E-state index contributed by atoms with van der Waals surface area (Å²) in [4.78, 5) is 14.7. The lowest BCUT2D eigenvalue weighted by atomic mass is 10.00. The van der Waals surface area contributed by atoms with Gasteiger partial charge in [-0.3, -0.25) is 4.79 Å². The van der Waals surface area contributed by atoms with Gasteiger partial charge in [-0.25, -0.2) is 0 Å². The molecular formula is C19H18N2O3. The maximum atomic E-state index is 12.0. The average molecular weight is 322 g/mol. The van der Waals surface area contributed by atoms with Crippen molar-refractivity contribution in [1.82, 2.24) is 4.98 Å². The van der Waals surface area contributed by atoms with Gasteiger partial charge >= 0.3 is 0 Å². The Hall–Kier alpha value is -3.26. The molecule has 0 spiro atoms. The molecule has 1 aromatic carbocycles. The summed E-state index contributed by atoms with van der Waals surface area (Å²) >= 11 is 0. The van der Waals surface area contributed by atoms with E-state index in [2.05, 4.69) is 18.1 Å². The molecule has 1 heterocycles. The zero-order chi connectivity index (χ0) is 17.5. The molecule has 2 aromatic rings. The van der Waals surface area contributed by atoms with Gasteiger partial charge in [-0.05, 0) is 25.1 Å². The monoisotopic (exact) mass is 322 g/mol.